The first kappa shape index (κ1) is 25.6. The zero-order valence-corrected chi connectivity index (χ0v) is 19.6. The molecule has 1 aliphatic rings. The van der Waals surface area contributed by atoms with Crippen LogP contribution in [0, 0.1) is 0 Å². The Labute approximate surface area is 208 Å². The summed E-state index contributed by atoms with van der Waals surface area (Å²) >= 11 is 0. The Morgan fingerprint density at radius 2 is 1.68 bits per heavy atom. The predicted molar refractivity (Wildman–Crippen MR) is 125 cm³/mol. The van der Waals surface area contributed by atoms with Crippen molar-refractivity contribution in [1.29, 1.82) is 0 Å². The number of halogens is 3. The number of pyridine rings is 1. The van der Waals surface area contributed by atoms with Crippen LogP contribution in [0.4, 0.5) is 29.3 Å². The van der Waals surface area contributed by atoms with E-state index in [0.717, 1.165) is 17.0 Å². The molecular weight excluding hydrogens is 515 g/mol. The molecule has 0 spiro atoms. The fourth-order valence-corrected chi connectivity index (χ4v) is 4.26. The molecule has 1 fully saturated rings. The minimum absolute atomic E-state index is 0.0618. The smallest absolute Gasteiger partial charge is 0.310 e. The molecule has 2 N–H and O–H groups in total. The summed E-state index contributed by atoms with van der Waals surface area (Å²) in [6, 6.07) is 12.5. The number of rotatable bonds is 7. The molecule has 4 amide bonds. The second-order valence-electron chi connectivity index (χ2n) is 7.79. The summed E-state index contributed by atoms with van der Waals surface area (Å²) in [5.41, 5.74) is 0.985. The number of urea groups is 1. The molecule has 192 valence electrons. The number of hydrazine groups is 1. The number of nitrogens with zero attached hydrogens (tertiary/aromatic N) is 3. The summed E-state index contributed by atoms with van der Waals surface area (Å²) in [5, 5.41) is 0. The Morgan fingerprint density at radius 1 is 1.00 bits per heavy atom. The van der Waals surface area contributed by atoms with Crippen molar-refractivity contribution in [3.05, 3.63) is 84.2 Å². The van der Waals surface area contributed by atoms with E-state index in [1.54, 1.807) is 36.4 Å². The van der Waals surface area contributed by atoms with E-state index >= 15 is 0 Å². The minimum Gasteiger partial charge on any atom is -0.310 e. The van der Waals surface area contributed by atoms with Crippen molar-refractivity contribution in [1.82, 2.24) is 15.3 Å². The van der Waals surface area contributed by atoms with Crippen LogP contribution in [0.1, 0.15) is 15.9 Å². The van der Waals surface area contributed by atoms with Gasteiger partial charge in [0.2, 0.25) is 0 Å². The van der Waals surface area contributed by atoms with Gasteiger partial charge in [-0.25, -0.2) is 18.1 Å². The Balaban J connectivity index is 1.47. The molecule has 1 aliphatic heterocycles. The SMILES string of the molecule is O=C(NNc1cnccc1CN1CC(=O)N(c2ccc(S(=O)(=O)C(F)(F)F)cc2)C1=O)c1ccccc1. The first-order valence-corrected chi connectivity index (χ1v) is 12.0. The summed E-state index contributed by atoms with van der Waals surface area (Å²) in [4.78, 5) is 42.7. The van der Waals surface area contributed by atoms with E-state index in [-0.39, 0.29) is 18.8 Å². The third-order valence-corrected chi connectivity index (χ3v) is 6.87. The number of aromatic nitrogens is 1. The fraction of sp³-hybridized carbons (Fsp3) is 0.130. The number of sulfone groups is 1. The average molecular weight is 533 g/mol. The van der Waals surface area contributed by atoms with Crippen molar-refractivity contribution >= 4 is 39.1 Å². The van der Waals surface area contributed by atoms with Crippen molar-refractivity contribution < 1.29 is 36.0 Å². The van der Waals surface area contributed by atoms with Crippen LogP contribution in [0.3, 0.4) is 0 Å². The molecule has 1 saturated heterocycles. The van der Waals surface area contributed by atoms with Gasteiger partial charge in [0.25, 0.3) is 21.7 Å². The van der Waals surface area contributed by atoms with E-state index in [0.29, 0.717) is 28.9 Å². The van der Waals surface area contributed by atoms with Crippen molar-refractivity contribution in [3.8, 4) is 0 Å². The van der Waals surface area contributed by atoms with Gasteiger partial charge in [0, 0.05) is 11.8 Å². The third kappa shape index (κ3) is 5.23. The third-order valence-electron chi connectivity index (χ3n) is 5.37. The molecule has 2 heterocycles. The second-order valence-corrected chi connectivity index (χ2v) is 9.73. The van der Waals surface area contributed by atoms with Gasteiger partial charge < -0.3 is 4.90 Å². The van der Waals surface area contributed by atoms with Gasteiger partial charge in [0.1, 0.15) is 6.54 Å². The van der Waals surface area contributed by atoms with Gasteiger partial charge in [-0.05, 0) is 48.0 Å². The number of benzene rings is 2. The number of nitrogens with one attached hydrogen (secondary N) is 2. The maximum Gasteiger partial charge on any atom is 0.501 e. The van der Waals surface area contributed by atoms with Crippen LogP contribution < -0.4 is 15.8 Å². The quantitative estimate of drug-likeness (QED) is 0.353. The van der Waals surface area contributed by atoms with Crippen LogP contribution in [-0.4, -0.2) is 48.2 Å². The molecule has 2 aromatic carbocycles. The molecule has 4 rings (SSSR count). The highest BCUT2D eigenvalue weighted by atomic mass is 32.2. The van der Waals surface area contributed by atoms with E-state index in [9.17, 15) is 36.0 Å². The molecule has 0 saturated carbocycles. The van der Waals surface area contributed by atoms with Crippen molar-refractivity contribution in [2.45, 2.75) is 16.9 Å². The van der Waals surface area contributed by atoms with Crippen molar-refractivity contribution in [3.63, 3.8) is 0 Å². The van der Waals surface area contributed by atoms with Crippen LogP contribution >= 0.6 is 0 Å². The molecular formula is C23H18F3N5O5S. The van der Waals surface area contributed by atoms with Gasteiger partial charge in [-0.1, -0.05) is 18.2 Å². The van der Waals surface area contributed by atoms with Gasteiger partial charge in [0.15, 0.2) is 0 Å². The van der Waals surface area contributed by atoms with E-state index in [2.05, 4.69) is 15.8 Å². The number of anilines is 2. The van der Waals surface area contributed by atoms with Gasteiger partial charge in [-0.2, -0.15) is 13.2 Å². The highest BCUT2D eigenvalue weighted by Gasteiger charge is 2.47. The number of imide groups is 1. The van der Waals surface area contributed by atoms with Crippen LogP contribution in [0.15, 0.2) is 78.0 Å². The lowest BCUT2D eigenvalue weighted by atomic mass is 10.2. The fourth-order valence-electron chi connectivity index (χ4n) is 3.50. The number of hydrogen-bond donors (Lipinski definition) is 2. The van der Waals surface area contributed by atoms with Gasteiger partial charge in [-0.15, -0.1) is 0 Å². The van der Waals surface area contributed by atoms with Crippen LogP contribution in [0.2, 0.25) is 0 Å². The molecule has 14 heteroatoms. The summed E-state index contributed by atoms with van der Waals surface area (Å²) < 4.78 is 61.4. The lowest BCUT2D eigenvalue weighted by molar-refractivity contribution is -0.116. The maximum atomic E-state index is 13.0. The lowest BCUT2D eigenvalue weighted by Gasteiger charge is -2.19. The standard InChI is InChI=1S/C23H18F3N5O5S/c24-23(25,26)37(35,36)18-8-6-17(7-9-18)31-20(32)14-30(22(31)34)13-16-10-11-27-12-19(16)28-29-21(33)15-4-2-1-3-5-15/h1-12,28H,13-14H2,(H,29,33). The summed E-state index contributed by atoms with van der Waals surface area (Å²) in [7, 11) is -5.57. The Bertz CT molecular complexity index is 1450. The Morgan fingerprint density at radius 3 is 2.32 bits per heavy atom. The number of carbonyl (C=O) groups is 3. The van der Waals surface area contributed by atoms with Gasteiger partial charge in [-0.3, -0.25) is 25.4 Å². The monoisotopic (exact) mass is 533 g/mol. The molecule has 37 heavy (non-hydrogen) atoms. The van der Waals surface area contributed by atoms with E-state index in [1.807, 2.05) is 0 Å². The molecule has 3 aromatic rings. The number of hydrogen-bond acceptors (Lipinski definition) is 7. The minimum atomic E-state index is -5.57. The average Bonchev–Trinajstić information content (AvgIpc) is 3.15. The zero-order valence-electron chi connectivity index (χ0n) is 18.8. The summed E-state index contributed by atoms with van der Waals surface area (Å²) in [6.45, 7) is -0.396. The first-order valence-electron chi connectivity index (χ1n) is 10.6. The van der Waals surface area contributed by atoms with Crippen molar-refractivity contribution in [2.24, 2.45) is 0 Å². The first-order chi connectivity index (χ1) is 17.5. The van der Waals surface area contributed by atoms with E-state index in [1.165, 1.54) is 17.3 Å². The highest BCUT2D eigenvalue weighted by Crippen LogP contribution is 2.32. The van der Waals surface area contributed by atoms with Crippen LogP contribution in [0.5, 0.6) is 0 Å². The normalized spacial score (nSPS) is 14.1. The number of alkyl halides is 3. The van der Waals surface area contributed by atoms with Gasteiger partial charge >= 0.3 is 11.5 Å². The van der Waals surface area contributed by atoms with Gasteiger partial charge in [0.05, 0.1) is 29.0 Å². The van der Waals surface area contributed by atoms with Crippen LogP contribution in [-0.2, 0) is 21.2 Å². The predicted octanol–water partition coefficient (Wildman–Crippen LogP) is 3.10. The topological polar surface area (TPSA) is 129 Å². The zero-order chi connectivity index (χ0) is 26.8. The lowest BCUT2D eigenvalue weighted by Crippen LogP contribution is -2.33. The molecule has 0 bridgehead atoms. The summed E-state index contributed by atoms with van der Waals surface area (Å²) in [5.74, 6) is -1.07. The molecule has 0 atom stereocenters. The molecule has 0 unspecified atom stereocenters. The second kappa shape index (κ2) is 9.89. The molecule has 1 aromatic heterocycles. The highest BCUT2D eigenvalue weighted by molar-refractivity contribution is 7.92. The largest absolute Gasteiger partial charge is 0.501 e. The number of carbonyl (C=O) groups excluding carboxylic acids is 3. The maximum absolute atomic E-state index is 13.0. The van der Waals surface area contributed by atoms with Crippen molar-refractivity contribution in [2.75, 3.05) is 16.9 Å². The van der Waals surface area contributed by atoms with E-state index in [4.69, 9.17) is 0 Å². The number of amides is 4. The molecule has 10 nitrogen and oxygen atoms in total. The van der Waals surface area contributed by atoms with E-state index < -0.39 is 38.1 Å². The van der Waals surface area contributed by atoms with Crippen LogP contribution in [0.25, 0.3) is 0 Å². The Kier molecular flexibility index (Phi) is 6.85. The Hall–Kier alpha value is -4.46. The molecule has 0 radical (unpaired) electrons. The summed E-state index contributed by atoms with van der Waals surface area (Å²) in [6.07, 6.45) is 2.88. The molecule has 0 aliphatic carbocycles.